The topological polar surface area (TPSA) is 75.4 Å². The molecule has 5 nitrogen and oxygen atoms in total. The summed E-state index contributed by atoms with van der Waals surface area (Å²) in [6, 6.07) is 13.1. The average Bonchev–Trinajstić information content (AvgIpc) is 3.09. The molecule has 0 spiro atoms. The van der Waals surface area contributed by atoms with Crippen molar-refractivity contribution in [3.63, 3.8) is 0 Å². The molecule has 2 N–H and O–H groups in total. The maximum atomic E-state index is 13.9. The van der Waals surface area contributed by atoms with Crippen LogP contribution in [0.3, 0.4) is 0 Å². The van der Waals surface area contributed by atoms with Crippen LogP contribution in [0.2, 0.25) is 0 Å². The van der Waals surface area contributed by atoms with Crippen molar-refractivity contribution >= 4 is 5.91 Å². The first-order valence-corrected chi connectivity index (χ1v) is 7.82. The number of halogens is 1. The second kappa shape index (κ2) is 7.27. The smallest absolute Gasteiger partial charge is 0.252 e. The molecule has 0 fully saturated rings. The monoisotopic (exact) mass is 340 g/mol. The second-order valence-electron chi connectivity index (χ2n) is 5.61. The fourth-order valence-electron chi connectivity index (χ4n) is 2.39. The van der Waals surface area contributed by atoms with Crippen LogP contribution in [-0.4, -0.2) is 28.6 Å². The van der Waals surface area contributed by atoms with Crippen molar-refractivity contribution in [1.29, 1.82) is 0 Å². The minimum atomic E-state index is -0.648. The number of rotatable bonds is 5. The van der Waals surface area contributed by atoms with E-state index in [0.717, 1.165) is 0 Å². The Morgan fingerprint density at radius 1 is 1.20 bits per heavy atom. The Labute approximate surface area is 144 Å². The Morgan fingerprint density at radius 3 is 2.60 bits per heavy atom. The lowest BCUT2D eigenvalue weighted by atomic mass is 10.1. The van der Waals surface area contributed by atoms with Crippen LogP contribution in [0.15, 0.2) is 59.1 Å². The molecule has 1 unspecified atom stereocenters. The number of benzene rings is 2. The lowest BCUT2D eigenvalue weighted by molar-refractivity contribution is 0.0924. The number of hydrogen-bond donors (Lipinski definition) is 2. The third-order valence-corrected chi connectivity index (χ3v) is 3.61. The Balaban J connectivity index is 1.93. The van der Waals surface area contributed by atoms with E-state index in [1.165, 1.54) is 12.3 Å². The number of aliphatic hydroxyl groups excluding tert-OH is 1. The summed E-state index contributed by atoms with van der Waals surface area (Å²) in [4.78, 5) is 16.5. The zero-order valence-corrected chi connectivity index (χ0v) is 13.6. The number of nitrogens with zero attached hydrogens (tertiary/aromatic N) is 1. The van der Waals surface area contributed by atoms with Crippen molar-refractivity contribution in [1.82, 2.24) is 10.3 Å². The fourth-order valence-corrected chi connectivity index (χ4v) is 2.39. The standard InChI is InChI=1S/C19H17FN2O3/c1-12(23)10-21-18(24)13-6-2-3-7-14(13)19-22-11-17(25-19)15-8-4-5-9-16(15)20/h2-9,11-12,23H,10H2,1H3,(H,21,24). The highest BCUT2D eigenvalue weighted by atomic mass is 19.1. The van der Waals surface area contributed by atoms with Crippen LogP contribution in [0.1, 0.15) is 17.3 Å². The van der Waals surface area contributed by atoms with Crippen LogP contribution in [0, 0.1) is 5.82 Å². The number of carbonyl (C=O) groups excluding carboxylic acids is 1. The number of aliphatic hydroxyl groups is 1. The van der Waals surface area contributed by atoms with Gasteiger partial charge in [-0.2, -0.15) is 0 Å². The minimum absolute atomic E-state index is 0.138. The molecule has 1 heterocycles. The van der Waals surface area contributed by atoms with Crippen LogP contribution >= 0.6 is 0 Å². The number of carbonyl (C=O) groups is 1. The van der Waals surface area contributed by atoms with Gasteiger partial charge in [-0.25, -0.2) is 9.37 Å². The molecular formula is C19H17FN2O3. The van der Waals surface area contributed by atoms with Crippen LogP contribution in [0.4, 0.5) is 4.39 Å². The van der Waals surface area contributed by atoms with Gasteiger partial charge in [0.15, 0.2) is 5.76 Å². The van der Waals surface area contributed by atoms with Gasteiger partial charge in [-0.1, -0.05) is 24.3 Å². The van der Waals surface area contributed by atoms with E-state index >= 15 is 0 Å². The quantitative estimate of drug-likeness (QED) is 0.747. The van der Waals surface area contributed by atoms with E-state index in [4.69, 9.17) is 4.42 Å². The first-order chi connectivity index (χ1) is 12.1. The Bertz CT molecular complexity index is 890. The van der Waals surface area contributed by atoms with Gasteiger partial charge in [0, 0.05) is 12.1 Å². The van der Waals surface area contributed by atoms with Crippen molar-refractivity contribution in [2.24, 2.45) is 0 Å². The van der Waals surface area contributed by atoms with Crippen LogP contribution < -0.4 is 5.32 Å². The van der Waals surface area contributed by atoms with Gasteiger partial charge in [-0.15, -0.1) is 0 Å². The highest BCUT2D eigenvalue weighted by Gasteiger charge is 2.18. The van der Waals surface area contributed by atoms with Crippen LogP contribution in [0.5, 0.6) is 0 Å². The highest BCUT2D eigenvalue weighted by molar-refractivity contribution is 6.00. The third kappa shape index (κ3) is 3.75. The normalized spacial score (nSPS) is 12.0. The molecule has 1 aromatic heterocycles. The SMILES string of the molecule is CC(O)CNC(=O)c1ccccc1-c1ncc(-c2ccccc2F)o1. The Kier molecular flexibility index (Phi) is 4.90. The largest absolute Gasteiger partial charge is 0.436 e. The van der Waals surface area contributed by atoms with Crippen molar-refractivity contribution in [3.05, 3.63) is 66.1 Å². The van der Waals surface area contributed by atoms with Gasteiger partial charge in [0.05, 0.1) is 23.4 Å². The minimum Gasteiger partial charge on any atom is -0.436 e. The number of nitrogens with one attached hydrogen (secondary N) is 1. The Hall–Kier alpha value is -2.99. The Morgan fingerprint density at radius 2 is 1.88 bits per heavy atom. The van der Waals surface area contributed by atoms with E-state index in [0.29, 0.717) is 16.7 Å². The van der Waals surface area contributed by atoms with E-state index in [2.05, 4.69) is 10.3 Å². The van der Waals surface area contributed by atoms with Crippen molar-refractivity contribution < 1.29 is 18.7 Å². The molecule has 0 saturated carbocycles. The summed E-state index contributed by atoms with van der Waals surface area (Å²) in [5.74, 6) is -0.247. The van der Waals surface area contributed by atoms with Gasteiger partial charge < -0.3 is 14.8 Å². The maximum Gasteiger partial charge on any atom is 0.252 e. The summed E-state index contributed by atoms with van der Waals surface area (Å²) in [5.41, 5.74) is 1.16. The van der Waals surface area contributed by atoms with Gasteiger partial charge >= 0.3 is 0 Å². The molecule has 0 aliphatic rings. The third-order valence-electron chi connectivity index (χ3n) is 3.61. The lowest BCUT2D eigenvalue weighted by Gasteiger charge is -2.09. The van der Waals surface area contributed by atoms with Gasteiger partial charge in [-0.3, -0.25) is 4.79 Å². The summed E-state index contributed by atoms with van der Waals surface area (Å²) in [6.45, 7) is 1.72. The first-order valence-electron chi connectivity index (χ1n) is 7.82. The van der Waals surface area contributed by atoms with E-state index in [-0.39, 0.29) is 24.1 Å². The molecule has 0 saturated heterocycles. The van der Waals surface area contributed by atoms with E-state index in [1.807, 2.05) is 0 Å². The number of hydrogen-bond acceptors (Lipinski definition) is 4. The zero-order valence-electron chi connectivity index (χ0n) is 13.6. The van der Waals surface area contributed by atoms with E-state index < -0.39 is 11.9 Å². The molecule has 3 aromatic rings. The summed E-state index contributed by atoms with van der Waals surface area (Å²) in [5, 5.41) is 11.9. The fraction of sp³-hybridized carbons (Fsp3) is 0.158. The van der Waals surface area contributed by atoms with E-state index in [9.17, 15) is 14.3 Å². The van der Waals surface area contributed by atoms with Crippen LogP contribution in [-0.2, 0) is 0 Å². The molecule has 0 radical (unpaired) electrons. The zero-order chi connectivity index (χ0) is 17.8. The summed E-state index contributed by atoms with van der Waals surface area (Å²) < 4.78 is 19.6. The van der Waals surface area contributed by atoms with Crippen molar-refractivity contribution in [3.8, 4) is 22.8 Å². The highest BCUT2D eigenvalue weighted by Crippen LogP contribution is 2.29. The molecule has 1 atom stereocenters. The first kappa shape index (κ1) is 16.9. The molecular weight excluding hydrogens is 323 g/mol. The predicted molar refractivity (Wildman–Crippen MR) is 91.3 cm³/mol. The lowest BCUT2D eigenvalue weighted by Crippen LogP contribution is -2.30. The second-order valence-corrected chi connectivity index (χ2v) is 5.61. The maximum absolute atomic E-state index is 13.9. The number of aromatic nitrogens is 1. The summed E-state index contributed by atoms with van der Waals surface area (Å²) in [7, 11) is 0. The summed E-state index contributed by atoms with van der Waals surface area (Å²) in [6.07, 6.45) is 0.781. The molecule has 2 aromatic carbocycles. The molecule has 1 amide bonds. The molecule has 0 aliphatic heterocycles. The molecule has 3 rings (SSSR count). The van der Waals surface area contributed by atoms with Gasteiger partial charge in [-0.05, 0) is 31.2 Å². The van der Waals surface area contributed by atoms with Crippen LogP contribution in [0.25, 0.3) is 22.8 Å². The van der Waals surface area contributed by atoms with E-state index in [1.54, 1.807) is 49.4 Å². The molecule has 6 heteroatoms. The molecule has 0 bridgehead atoms. The molecule has 128 valence electrons. The predicted octanol–water partition coefficient (Wildman–Crippen LogP) is 3.26. The molecule has 0 aliphatic carbocycles. The average molecular weight is 340 g/mol. The van der Waals surface area contributed by atoms with Gasteiger partial charge in [0.2, 0.25) is 5.89 Å². The van der Waals surface area contributed by atoms with Crippen molar-refractivity contribution in [2.75, 3.05) is 6.54 Å². The number of oxazole rings is 1. The van der Waals surface area contributed by atoms with Crippen molar-refractivity contribution in [2.45, 2.75) is 13.0 Å². The summed E-state index contributed by atoms with van der Waals surface area (Å²) >= 11 is 0. The van der Waals surface area contributed by atoms with Gasteiger partial charge in [0.25, 0.3) is 5.91 Å². The number of amides is 1. The van der Waals surface area contributed by atoms with Gasteiger partial charge in [0.1, 0.15) is 5.82 Å². The molecule has 25 heavy (non-hydrogen) atoms.